The van der Waals surface area contributed by atoms with Crippen LogP contribution in [-0.4, -0.2) is 40.1 Å². The van der Waals surface area contributed by atoms with E-state index in [9.17, 15) is 9.59 Å². The molecular weight excluding hydrogens is 286 g/mol. The van der Waals surface area contributed by atoms with E-state index < -0.39 is 5.97 Å². The van der Waals surface area contributed by atoms with E-state index in [1.54, 1.807) is 18.7 Å². The van der Waals surface area contributed by atoms with Crippen LogP contribution in [0.3, 0.4) is 0 Å². The number of hydrogen-bond donors (Lipinski definition) is 3. The molecule has 0 bridgehead atoms. The van der Waals surface area contributed by atoms with E-state index in [-0.39, 0.29) is 17.8 Å². The molecule has 2 unspecified atom stereocenters. The highest BCUT2D eigenvalue weighted by Gasteiger charge is 2.15. The van der Waals surface area contributed by atoms with Crippen LogP contribution in [-0.2, 0) is 0 Å². The van der Waals surface area contributed by atoms with Gasteiger partial charge in [-0.25, -0.2) is 14.6 Å². The van der Waals surface area contributed by atoms with Gasteiger partial charge in [0.15, 0.2) is 5.69 Å². The van der Waals surface area contributed by atoms with Crippen LogP contribution < -0.4 is 10.6 Å². The van der Waals surface area contributed by atoms with Gasteiger partial charge in [0, 0.05) is 17.2 Å². The van der Waals surface area contributed by atoms with Crippen molar-refractivity contribution in [2.24, 2.45) is 0 Å². The zero-order valence-corrected chi connectivity index (χ0v) is 12.6. The Hall–Kier alpha value is -1.28. The normalized spacial score (nSPS) is 13.6. The van der Waals surface area contributed by atoms with Crippen LogP contribution in [0.5, 0.6) is 0 Å². The largest absolute Gasteiger partial charge is 0.476 e. The van der Waals surface area contributed by atoms with Gasteiger partial charge in [0.1, 0.15) is 5.01 Å². The monoisotopic (exact) mass is 303 g/mol. The number of thioether (sulfide) groups is 1. The molecule has 19 heavy (non-hydrogen) atoms. The van der Waals surface area contributed by atoms with E-state index in [1.165, 1.54) is 16.7 Å². The number of rotatable bonds is 6. The first-order chi connectivity index (χ1) is 8.93. The van der Waals surface area contributed by atoms with Crippen LogP contribution in [0.1, 0.15) is 35.4 Å². The van der Waals surface area contributed by atoms with Crippen molar-refractivity contribution in [1.82, 2.24) is 15.6 Å². The molecule has 3 N–H and O–H groups in total. The fourth-order valence-electron chi connectivity index (χ4n) is 1.21. The molecule has 106 valence electrons. The molecule has 1 aromatic rings. The molecule has 2 amide bonds. The number of carboxylic acid groups (broad SMARTS) is 1. The minimum atomic E-state index is -1.06. The molecule has 0 saturated carbocycles. The minimum absolute atomic E-state index is 0.00469. The number of nitrogens with zero attached hydrogens (tertiary/aromatic N) is 1. The predicted molar refractivity (Wildman–Crippen MR) is 77.0 cm³/mol. The molecule has 8 heteroatoms. The standard InChI is InChI=1S/C11H17N3O3S2/c1-6(18-3)4-12-11(17)13-7(2)9-14-8(5-19-9)10(15)16/h5-7H,4H2,1-3H3,(H,15,16)(H2,12,13,17). The summed E-state index contributed by atoms with van der Waals surface area (Å²) in [7, 11) is 0. The smallest absolute Gasteiger partial charge is 0.355 e. The highest BCUT2D eigenvalue weighted by Crippen LogP contribution is 2.17. The van der Waals surface area contributed by atoms with Gasteiger partial charge < -0.3 is 15.7 Å². The number of nitrogens with one attached hydrogen (secondary N) is 2. The molecule has 0 aromatic carbocycles. The molecule has 1 rings (SSSR count). The molecular formula is C11H17N3O3S2. The molecule has 6 nitrogen and oxygen atoms in total. The quantitative estimate of drug-likeness (QED) is 0.747. The molecule has 0 fully saturated rings. The maximum absolute atomic E-state index is 11.6. The first kappa shape index (κ1) is 15.8. The number of carboxylic acids is 1. The van der Waals surface area contributed by atoms with Gasteiger partial charge in [0.05, 0.1) is 6.04 Å². The third-order valence-electron chi connectivity index (χ3n) is 2.41. The lowest BCUT2D eigenvalue weighted by Gasteiger charge is -2.14. The van der Waals surface area contributed by atoms with E-state index >= 15 is 0 Å². The summed E-state index contributed by atoms with van der Waals surface area (Å²) in [6.45, 7) is 4.37. The Bertz CT molecular complexity index is 450. The van der Waals surface area contributed by atoms with Crippen molar-refractivity contribution in [2.45, 2.75) is 25.1 Å². The van der Waals surface area contributed by atoms with E-state index in [2.05, 4.69) is 15.6 Å². The summed E-state index contributed by atoms with van der Waals surface area (Å²) >= 11 is 2.89. The molecule has 0 radical (unpaired) electrons. The molecule has 2 atom stereocenters. The van der Waals surface area contributed by atoms with Crippen LogP contribution in [0.4, 0.5) is 4.79 Å². The third kappa shape index (κ3) is 5.07. The summed E-state index contributed by atoms with van der Waals surface area (Å²) in [6, 6.07) is -0.594. The number of carbonyl (C=O) groups excluding carboxylic acids is 1. The maximum atomic E-state index is 11.6. The summed E-state index contributed by atoms with van der Waals surface area (Å²) in [5.74, 6) is -1.06. The zero-order valence-electron chi connectivity index (χ0n) is 11.0. The highest BCUT2D eigenvalue weighted by molar-refractivity contribution is 7.99. The minimum Gasteiger partial charge on any atom is -0.476 e. The summed E-state index contributed by atoms with van der Waals surface area (Å²) in [6.07, 6.45) is 1.98. The van der Waals surface area contributed by atoms with Gasteiger partial charge in [0.2, 0.25) is 0 Å². The van der Waals surface area contributed by atoms with Gasteiger partial charge in [0.25, 0.3) is 0 Å². The lowest BCUT2D eigenvalue weighted by atomic mass is 10.3. The van der Waals surface area contributed by atoms with Crippen molar-refractivity contribution in [3.63, 3.8) is 0 Å². The predicted octanol–water partition coefficient (Wildman–Crippen LogP) is 1.95. The number of aromatic carboxylic acids is 1. The van der Waals surface area contributed by atoms with Crippen molar-refractivity contribution in [1.29, 1.82) is 0 Å². The van der Waals surface area contributed by atoms with Crippen molar-refractivity contribution in [3.05, 3.63) is 16.1 Å². The summed E-state index contributed by atoms with van der Waals surface area (Å²) in [5.41, 5.74) is 0.00469. The third-order valence-corrected chi connectivity index (χ3v) is 4.41. The lowest BCUT2D eigenvalue weighted by Crippen LogP contribution is -2.39. The first-order valence-electron chi connectivity index (χ1n) is 5.70. The van der Waals surface area contributed by atoms with Gasteiger partial charge >= 0.3 is 12.0 Å². The van der Waals surface area contributed by atoms with E-state index in [0.29, 0.717) is 16.8 Å². The summed E-state index contributed by atoms with van der Waals surface area (Å²) < 4.78 is 0. The number of amides is 2. The maximum Gasteiger partial charge on any atom is 0.355 e. The van der Waals surface area contributed by atoms with Crippen LogP contribution in [0.25, 0.3) is 0 Å². The van der Waals surface area contributed by atoms with E-state index in [1.807, 2.05) is 13.2 Å². The molecule has 1 heterocycles. The van der Waals surface area contributed by atoms with Crippen LogP contribution >= 0.6 is 23.1 Å². The second kappa shape index (κ2) is 7.34. The topological polar surface area (TPSA) is 91.3 Å². The Balaban J connectivity index is 2.47. The first-order valence-corrected chi connectivity index (χ1v) is 7.86. The Morgan fingerprint density at radius 2 is 2.21 bits per heavy atom. The van der Waals surface area contributed by atoms with Crippen LogP contribution in [0, 0.1) is 0 Å². The lowest BCUT2D eigenvalue weighted by molar-refractivity contribution is 0.0691. The molecule has 0 aliphatic heterocycles. The molecule has 1 aromatic heterocycles. The van der Waals surface area contributed by atoms with Gasteiger partial charge in [-0.05, 0) is 13.2 Å². The number of hydrogen-bond acceptors (Lipinski definition) is 5. The van der Waals surface area contributed by atoms with Crippen molar-refractivity contribution < 1.29 is 14.7 Å². The number of thiazole rings is 1. The van der Waals surface area contributed by atoms with E-state index in [0.717, 1.165) is 0 Å². The van der Waals surface area contributed by atoms with Crippen LogP contribution in [0.15, 0.2) is 5.38 Å². The van der Waals surface area contributed by atoms with Crippen molar-refractivity contribution in [3.8, 4) is 0 Å². The van der Waals surface area contributed by atoms with E-state index in [4.69, 9.17) is 5.11 Å². The highest BCUT2D eigenvalue weighted by atomic mass is 32.2. The fourth-order valence-corrected chi connectivity index (χ4v) is 2.26. The average molecular weight is 303 g/mol. The van der Waals surface area contributed by atoms with Gasteiger partial charge in [-0.3, -0.25) is 0 Å². The zero-order chi connectivity index (χ0) is 14.4. The van der Waals surface area contributed by atoms with Gasteiger partial charge in [-0.15, -0.1) is 11.3 Å². The number of aromatic nitrogens is 1. The Morgan fingerprint density at radius 1 is 1.53 bits per heavy atom. The summed E-state index contributed by atoms with van der Waals surface area (Å²) in [4.78, 5) is 26.3. The molecule has 0 saturated heterocycles. The van der Waals surface area contributed by atoms with Crippen molar-refractivity contribution >= 4 is 35.1 Å². The Kier molecular flexibility index (Phi) is 6.10. The average Bonchev–Trinajstić information content (AvgIpc) is 2.85. The second-order valence-corrected chi connectivity index (χ2v) is 6.16. The Morgan fingerprint density at radius 3 is 2.74 bits per heavy atom. The molecule has 0 aliphatic rings. The Labute approximate surface area is 120 Å². The van der Waals surface area contributed by atoms with Gasteiger partial charge in [-0.1, -0.05) is 6.92 Å². The van der Waals surface area contributed by atoms with Crippen molar-refractivity contribution in [2.75, 3.05) is 12.8 Å². The van der Waals surface area contributed by atoms with Gasteiger partial charge in [-0.2, -0.15) is 11.8 Å². The number of urea groups is 1. The molecule has 0 aliphatic carbocycles. The number of carbonyl (C=O) groups is 2. The molecule has 0 spiro atoms. The van der Waals surface area contributed by atoms with Crippen LogP contribution in [0.2, 0.25) is 0 Å². The fraction of sp³-hybridized carbons (Fsp3) is 0.545. The summed E-state index contributed by atoms with van der Waals surface area (Å²) in [5, 5.41) is 16.6. The SMILES string of the molecule is CSC(C)CNC(=O)NC(C)c1nc(C(=O)O)cs1. The second-order valence-electron chi connectivity index (χ2n) is 4.00.